The molecule has 0 amide bonds. The highest BCUT2D eigenvalue weighted by Crippen LogP contribution is 2.29. The Balaban J connectivity index is 2.40. The number of nitrogens with zero attached hydrogens (tertiary/aromatic N) is 1. The van der Waals surface area contributed by atoms with Crippen LogP contribution in [0.1, 0.15) is 5.56 Å². The quantitative estimate of drug-likeness (QED) is 0.654. The van der Waals surface area contributed by atoms with Crippen LogP contribution < -0.4 is 9.46 Å². The summed E-state index contributed by atoms with van der Waals surface area (Å²) in [5.41, 5.74) is 0.478. The van der Waals surface area contributed by atoms with Crippen molar-refractivity contribution in [2.75, 3.05) is 11.8 Å². The summed E-state index contributed by atoms with van der Waals surface area (Å²) >= 11 is 5.93. The molecule has 0 radical (unpaired) electrons. The summed E-state index contributed by atoms with van der Waals surface area (Å²) in [4.78, 5) is 10.1. The van der Waals surface area contributed by atoms with E-state index in [1.807, 2.05) is 0 Å². The Kier molecular flexibility index (Phi) is 4.76. The summed E-state index contributed by atoms with van der Waals surface area (Å²) in [5.74, 6) is 0.345. The van der Waals surface area contributed by atoms with Crippen molar-refractivity contribution in [2.24, 2.45) is 0 Å². The molecule has 0 heterocycles. The Hall–Kier alpha value is -2.32. The first kappa shape index (κ1) is 17.0. The summed E-state index contributed by atoms with van der Waals surface area (Å²) in [7, 11) is -2.52. The van der Waals surface area contributed by atoms with Crippen LogP contribution in [-0.2, 0) is 10.0 Å². The molecule has 0 aliphatic rings. The number of non-ortho nitro benzene ring substituents is 1. The van der Waals surface area contributed by atoms with Crippen molar-refractivity contribution in [1.29, 1.82) is 0 Å². The van der Waals surface area contributed by atoms with Crippen molar-refractivity contribution in [3.05, 3.63) is 57.1 Å². The van der Waals surface area contributed by atoms with Gasteiger partial charge in [-0.25, -0.2) is 8.42 Å². The van der Waals surface area contributed by atoms with Gasteiger partial charge < -0.3 is 4.74 Å². The molecule has 0 aromatic heterocycles. The van der Waals surface area contributed by atoms with Crippen LogP contribution in [0.15, 0.2) is 41.3 Å². The number of methoxy groups -OCH3 is 1. The lowest BCUT2D eigenvalue weighted by Crippen LogP contribution is -2.14. The number of sulfonamides is 1. The van der Waals surface area contributed by atoms with Gasteiger partial charge in [0.2, 0.25) is 0 Å². The molecule has 0 saturated carbocycles. The maximum atomic E-state index is 12.4. The summed E-state index contributed by atoms with van der Waals surface area (Å²) < 4.78 is 32.1. The van der Waals surface area contributed by atoms with E-state index in [2.05, 4.69) is 4.72 Å². The standard InChI is InChI=1S/C14H13ClN2O5S/c1-9-3-4-10(17(18)19)7-13(9)16-23(20,21)11-5-6-14(22-2)12(15)8-11/h3-8,16H,1-2H3. The molecule has 0 unspecified atom stereocenters. The van der Waals surface area contributed by atoms with Crippen molar-refractivity contribution in [3.8, 4) is 5.75 Å². The Morgan fingerprint density at radius 1 is 1.22 bits per heavy atom. The van der Waals surface area contributed by atoms with Gasteiger partial charge in [0.05, 0.1) is 27.6 Å². The average Bonchev–Trinajstić information content (AvgIpc) is 2.49. The Morgan fingerprint density at radius 3 is 2.48 bits per heavy atom. The first-order valence-electron chi connectivity index (χ1n) is 6.36. The van der Waals surface area contributed by atoms with Gasteiger partial charge in [-0.3, -0.25) is 14.8 Å². The molecule has 0 bridgehead atoms. The number of nitro groups is 1. The van der Waals surface area contributed by atoms with E-state index in [9.17, 15) is 18.5 Å². The molecule has 1 N–H and O–H groups in total. The third kappa shape index (κ3) is 3.72. The molecular weight excluding hydrogens is 344 g/mol. The fourth-order valence-electron chi connectivity index (χ4n) is 1.85. The fourth-order valence-corrected chi connectivity index (χ4v) is 3.32. The van der Waals surface area contributed by atoms with Gasteiger partial charge in [-0.2, -0.15) is 0 Å². The summed E-state index contributed by atoms with van der Waals surface area (Å²) in [5, 5.41) is 11.0. The molecule has 23 heavy (non-hydrogen) atoms. The number of rotatable bonds is 5. The second-order valence-corrected chi connectivity index (χ2v) is 6.75. The Morgan fingerprint density at radius 2 is 1.91 bits per heavy atom. The lowest BCUT2D eigenvalue weighted by molar-refractivity contribution is -0.384. The van der Waals surface area contributed by atoms with Crippen molar-refractivity contribution in [2.45, 2.75) is 11.8 Å². The molecule has 2 aromatic rings. The predicted molar refractivity (Wildman–Crippen MR) is 86.6 cm³/mol. The van der Waals surface area contributed by atoms with Crippen LogP contribution in [0, 0.1) is 17.0 Å². The molecule has 0 spiro atoms. The van der Waals surface area contributed by atoms with Crippen LogP contribution >= 0.6 is 11.6 Å². The lowest BCUT2D eigenvalue weighted by atomic mass is 10.2. The van der Waals surface area contributed by atoms with Crippen molar-refractivity contribution >= 4 is 33.0 Å². The number of nitrogens with one attached hydrogen (secondary N) is 1. The van der Waals surface area contributed by atoms with Crippen LogP contribution in [0.2, 0.25) is 5.02 Å². The van der Waals surface area contributed by atoms with Gasteiger partial charge in [0.15, 0.2) is 0 Å². The summed E-state index contributed by atoms with van der Waals surface area (Å²) in [6.07, 6.45) is 0. The number of anilines is 1. The number of hydrogen-bond donors (Lipinski definition) is 1. The maximum absolute atomic E-state index is 12.4. The minimum atomic E-state index is -3.94. The van der Waals surface area contributed by atoms with Crippen LogP contribution in [-0.4, -0.2) is 20.5 Å². The fraction of sp³-hybridized carbons (Fsp3) is 0.143. The number of halogens is 1. The van der Waals surface area contributed by atoms with E-state index in [1.165, 1.54) is 37.4 Å². The van der Waals surface area contributed by atoms with Crippen molar-refractivity contribution in [1.82, 2.24) is 0 Å². The molecular formula is C14H13ClN2O5S. The van der Waals surface area contributed by atoms with Crippen LogP contribution in [0.25, 0.3) is 0 Å². The molecule has 122 valence electrons. The van der Waals surface area contributed by atoms with Gasteiger partial charge in [0, 0.05) is 12.1 Å². The highest BCUT2D eigenvalue weighted by atomic mass is 35.5. The number of nitro benzene ring substituents is 1. The molecule has 2 aromatic carbocycles. The third-order valence-electron chi connectivity index (χ3n) is 3.11. The van der Waals surface area contributed by atoms with Gasteiger partial charge in [-0.1, -0.05) is 17.7 Å². The van der Waals surface area contributed by atoms with E-state index in [4.69, 9.17) is 16.3 Å². The van der Waals surface area contributed by atoms with Crippen LogP contribution in [0.3, 0.4) is 0 Å². The van der Waals surface area contributed by atoms with Crippen LogP contribution in [0.5, 0.6) is 5.75 Å². The summed E-state index contributed by atoms with van der Waals surface area (Å²) in [6, 6.07) is 7.94. The van der Waals surface area contributed by atoms with E-state index in [1.54, 1.807) is 6.92 Å². The smallest absolute Gasteiger partial charge is 0.271 e. The monoisotopic (exact) mass is 356 g/mol. The second kappa shape index (κ2) is 6.43. The topological polar surface area (TPSA) is 98.5 Å². The Labute approximate surface area is 138 Å². The molecule has 2 rings (SSSR count). The highest BCUT2D eigenvalue weighted by Gasteiger charge is 2.19. The van der Waals surface area contributed by atoms with Crippen LogP contribution in [0.4, 0.5) is 11.4 Å². The molecule has 0 aliphatic carbocycles. The maximum Gasteiger partial charge on any atom is 0.271 e. The first-order valence-corrected chi connectivity index (χ1v) is 8.22. The van der Waals surface area contributed by atoms with E-state index in [0.717, 1.165) is 6.07 Å². The average molecular weight is 357 g/mol. The molecule has 0 aliphatic heterocycles. The van der Waals surface area contributed by atoms with Gasteiger partial charge >= 0.3 is 0 Å². The predicted octanol–water partition coefficient (Wildman–Crippen LogP) is 3.37. The van der Waals surface area contributed by atoms with Gasteiger partial charge in [-0.05, 0) is 30.7 Å². The largest absolute Gasteiger partial charge is 0.495 e. The molecule has 9 heteroatoms. The van der Waals surface area contributed by atoms with Gasteiger partial charge in [0.1, 0.15) is 5.75 Å². The minimum Gasteiger partial charge on any atom is -0.495 e. The molecule has 0 saturated heterocycles. The minimum absolute atomic E-state index is 0.0748. The number of benzene rings is 2. The Bertz CT molecular complexity index is 867. The zero-order valence-electron chi connectivity index (χ0n) is 12.2. The van der Waals surface area contributed by atoms with E-state index >= 15 is 0 Å². The summed E-state index contributed by atoms with van der Waals surface area (Å²) in [6.45, 7) is 1.64. The van der Waals surface area contributed by atoms with Gasteiger partial charge in [-0.15, -0.1) is 0 Å². The molecule has 0 fully saturated rings. The zero-order valence-corrected chi connectivity index (χ0v) is 13.8. The normalized spacial score (nSPS) is 11.1. The molecule has 0 atom stereocenters. The van der Waals surface area contributed by atoms with E-state index < -0.39 is 14.9 Å². The SMILES string of the molecule is COc1ccc(S(=O)(=O)Nc2cc([N+](=O)[O-])ccc2C)cc1Cl. The number of hydrogen-bond acceptors (Lipinski definition) is 5. The number of aryl methyl sites for hydroxylation is 1. The first-order chi connectivity index (χ1) is 10.7. The highest BCUT2D eigenvalue weighted by molar-refractivity contribution is 7.92. The van der Waals surface area contributed by atoms with Crippen molar-refractivity contribution in [3.63, 3.8) is 0 Å². The van der Waals surface area contributed by atoms with E-state index in [0.29, 0.717) is 11.3 Å². The number of ether oxygens (including phenoxy) is 1. The van der Waals surface area contributed by atoms with Crippen molar-refractivity contribution < 1.29 is 18.1 Å². The van der Waals surface area contributed by atoms with E-state index in [-0.39, 0.29) is 21.3 Å². The lowest BCUT2D eigenvalue weighted by Gasteiger charge is -2.11. The van der Waals surface area contributed by atoms with Gasteiger partial charge in [0.25, 0.3) is 15.7 Å². The zero-order chi connectivity index (χ0) is 17.2. The second-order valence-electron chi connectivity index (χ2n) is 4.66. The molecule has 7 nitrogen and oxygen atoms in total. The third-order valence-corrected chi connectivity index (χ3v) is 4.77.